The largest absolute Gasteiger partial charge is 0.490 e. The number of esters is 1. The summed E-state index contributed by atoms with van der Waals surface area (Å²) in [5, 5.41) is 19.6. The van der Waals surface area contributed by atoms with E-state index in [4.69, 9.17) is 4.74 Å². The van der Waals surface area contributed by atoms with E-state index < -0.39 is 30.1 Å². The maximum atomic E-state index is 12.5. The minimum Gasteiger partial charge on any atom is -0.490 e. The summed E-state index contributed by atoms with van der Waals surface area (Å²) >= 11 is 0. The lowest BCUT2D eigenvalue weighted by Crippen LogP contribution is -2.42. The average Bonchev–Trinajstić information content (AvgIpc) is 3.05. The summed E-state index contributed by atoms with van der Waals surface area (Å²) in [5.74, 6) is -4.23. The smallest absolute Gasteiger partial charge is 0.366 e. The molecule has 1 aliphatic carbocycles. The fourth-order valence-corrected chi connectivity index (χ4v) is 3.77. The van der Waals surface area contributed by atoms with Crippen LogP contribution in [0.3, 0.4) is 0 Å². The van der Waals surface area contributed by atoms with E-state index in [2.05, 4.69) is 10.8 Å². The highest BCUT2D eigenvalue weighted by Crippen LogP contribution is 2.35. The van der Waals surface area contributed by atoms with Crippen LogP contribution in [0, 0.1) is 11.8 Å². The first-order valence-corrected chi connectivity index (χ1v) is 10.2. The van der Waals surface area contributed by atoms with Gasteiger partial charge in [0.15, 0.2) is 0 Å². The second-order valence-electron chi connectivity index (χ2n) is 7.63. The van der Waals surface area contributed by atoms with Crippen LogP contribution in [-0.2, 0) is 19.1 Å². The molecule has 1 aromatic carbocycles. The van der Waals surface area contributed by atoms with Gasteiger partial charge in [0.25, 0.3) is 5.79 Å². The van der Waals surface area contributed by atoms with Crippen LogP contribution in [-0.4, -0.2) is 46.7 Å². The SMILES string of the molecule is CC/C=C/[C@H]1CCC(=O)[C@@H]1CC(CC(=O)CC(O)(O)C(=O)OC)Oc1ccccc1. The molecule has 1 aromatic rings. The number of para-hydroxylation sites is 1. The van der Waals surface area contributed by atoms with E-state index in [0.29, 0.717) is 18.6 Å². The highest BCUT2D eigenvalue weighted by molar-refractivity contribution is 5.88. The van der Waals surface area contributed by atoms with Crippen molar-refractivity contribution < 1.29 is 34.1 Å². The highest BCUT2D eigenvalue weighted by Gasteiger charge is 2.39. The predicted molar refractivity (Wildman–Crippen MR) is 110 cm³/mol. The summed E-state index contributed by atoms with van der Waals surface area (Å²) in [6.45, 7) is 2.03. The van der Waals surface area contributed by atoms with Gasteiger partial charge in [-0.15, -0.1) is 0 Å². The Balaban J connectivity index is 2.14. The number of Topliss-reactive ketones (excluding diaryl/α,β-unsaturated/α-hetero) is 2. The van der Waals surface area contributed by atoms with Gasteiger partial charge < -0.3 is 19.7 Å². The molecular formula is C23H30O7. The number of ether oxygens (including phenoxy) is 2. The molecule has 1 fully saturated rings. The zero-order valence-electron chi connectivity index (χ0n) is 17.5. The number of rotatable bonds is 11. The van der Waals surface area contributed by atoms with Crippen LogP contribution in [0.1, 0.15) is 45.4 Å². The van der Waals surface area contributed by atoms with Crippen LogP contribution in [0.2, 0.25) is 0 Å². The number of carbonyl (C=O) groups is 3. The van der Waals surface area contributed by atoms with Gasteiger partial charge in [-0.2, -0.15) is 0 Å². The number of aliphatic hydroxyl groups is 2. The van der Waals surface area contributed by atoms with E-state index in [1.807, 2.05) is 19.1 Å². The van der Waals surface area contributed by atoms with E-state index in [-0.39, 0.29) is 24.0 Å². The summed E-state index contributed by atoms with van der Waals surface area (Å²) in [5.41, 5.74) is 0. The molecular weight excluding hydrogens is 388 g/mol. The topological polar surface area (TPSA) is 110 Å². The van der Waals surface area contributed by atoms with E-state index >= 15 is 0 Å². The molecule has 0 spiro atoms. The zero-order chi connectivity index (χ0) is 22.1. The van der Waals surface area contributed by atoms with Crippen molar-refractivity contribution in [2.45, 2.75) is 57.3 Å². The monoisotopic (exact) mass is 418 g/mol. The number of carbonyl (C=O) groups excluding carboxylic acids is 3. The highest BCUT2D eigenvalue weighted by atomic mass is 16.6. The van der Waals surface area contributed by atoms with Crippen molar-refractivity contribution in [3.05, 3.63) is 42.5 Å². The van der Waals surface area contributed by atoms with Crippen molar-refractivity contribution in [1.29, 1.82) is 0 Å². The van der Waals surface area contributed by atoms with Crippen molar-refractivity contribution in [3.63, 3.8) is 0 Å². The molecule has 1 unspecified atom stereocenters. The summed E-state index contributed by atoms with van der Waals surface area (Å²) in [4.78, 5) is 36.4. The maximum Gasteiger partial charge on any atom is 0.366 e. The van der Waals surface area contributed by atoms with Crippen molar-refractivity contribution in [2.24, 2.45) is 11.8 Å². The lowest BCUT2D eigenvalue weighted by atomic mass is 9.87. The molecule has 0 radical (unpaired) electrons. The first-order valence-electron chi connectivity index (χ1n) is 10.2. The van der Waals surface area contributed by atoms with Crippen LogP contribution < -0.4 is 4.74 Å². The number of hydrogen-bond donors (Lipinski definition) is 2. The summed E-state index contributed by atoms with van der Waals surface area (Å²) in [6.07, 6.45) is 4.95. The zero-order valence-corrected chi connectivity index (χ0v) is 17.5. The fraction of sp³-hybridized carbons (Fsp3) is 0.522. The number of benzene rings is 1. The minimum atomic E-state index is -2.89. The first-order chi connectivity index (χ1) is 14.3. The predicted octanol–water partition coefficient (Wildman–Crippen LogP) is 2.59. The maximum absolute atomic E-state index is 12.5. The molecule has 0 bridgehead atoms. The van der Waals surface area contributed by atoms with Crippen molar-refractivity contribution >= 4 is 17.5 Å². The molecule has 1 aliphatic rings. The number of allylic oxidation sites excluding steroid dienone is 2. The number of methoxy groups -OCH3 is 1. The number of hydrogen-bond acceptors (Lipinski definition) is 7. The van der Waals surface area contributed by atoms with Gasteiger partial charge in [-0.25, -0.2) is 4.79 Å². The van der Waals surface area contributed by atoms with Crippen molar-refractivity contribution in [2.75, 3.05) is 7.11 Å². The number of ketones is 2. The second-order valence-corrected chi connectivity index (χ2v) is 7.63. The Morgan fingerprint density at radius 3 is 2.60 bits per heavy atom. The van der Waals surface area contributed by atoms with E-state index in [1.54, 1.807) is 24.3 Å². The van der Waals surface area contributed by atoms with E-state index in [9.17, 15) is 24.6 Å². The molecule has 7 heteroatoms. The Kier molecular flexibility index (Phi) is 8.74. The molecule has 0 saturated heterocycles. The van der Waals surface area contributed by atoms with Crippen LogP contribution in [0.5, 0.6) is 5.75 Å². The molecule has 0 amide bonds. The average molecular weight is 418 g/mol. The molecule has 3 atom stereocenters. The van der Waals surface area contributed by atoms with Gasteiger partial charge in [0.05, 0.1) is 13.5 Å². The summed E-state index contributed by atoms with van der Waals surface area (Å²) in [7, 11) is 1.00. The molecule has 0 aromatic heterocycles. The molecule has 2 rings (SSSR count). The lowest BCUT2D eigenvalue weighted by molar-refractivity contribution is -0.208. The molecule has 0 aliphatic heterocycles. The van der Waals surface area contributed by atoms with Crippen LogP contribution >= 0.6 is 0 Å². The Labute approximate surface area is 176 Å². The van der Waals surface area contributed by atoms with E-state index in [0.717, 1.165) is 20.0 Å². The Hall–Kier alpha value is -2.51. The Morgan fingerprint density at radius 2 is 1.97 bits per heavy atom. The molecule has 30 heavy (non-hydrogen) atoms. The van der Waals surface area contributed by atoms with Gasteiger partial charge in [-0.3, -0.25) is 9.59 Å². The molecule has 1 saturated carbocycles. The Morgan fingerprint density at radius 1 is 1.27 bits per heavy atom. The molecule has 0 heterocycles. The van der Waals surface area contributed by atoms with Gasteiger partial charge >= 0.3 is 5.97 Å². The van der Waals surface area contributed by atoms with Crippen LogP contribution in [0.4, 0.5) is 0 Å². The second kappa shape index (κ2) is 11.0. The minimum absolute atomic E-state index is 0.0965. The molecule has 164 valence electrons. The standard InChI is InChI=1S/C23H30O7/c1-3-4-8-16-11-12-21(25)20(16)14-19(30-18-9-6-5-7-10-18)13-17(24)15-23(27,28)22(26)29-2/h4-10,16,19-20,27-28H,3,11-15H2,1-2H3/b8-4+/t16-,19?,20+/m0/s1. The third-order valence-electron chi connectivity index (χ3n) is 5.25. The van der Waals surface area contributed by atoms with Gasteiger partial charge in [-0.05, 0) is 37.3 Å². The van der Waals surface area contributed by atoms with Gasteiger partial charge in [0, 0.05) is 18.8 Å². The first kappa shape index (κ1) is 23.8. The molecule has 2 N–H and O–H groups in total. The van der Waals surface area contributed by atoms with Gasteiger partial charge in [0.1, 0.15) is 23.4 Å². The van der Waals surface area contributed by atoms with Crippen LogP contribution in [0.25, 0.3) is 0 Å². The lowest BCUT2D eigenvalue weighted by Gasteiger charge is -2.25. The fourth-order valence-electron chi connectivity index (χ4n) is 3.77. The molecule has 7 nitrogen and oxygen atoms in total. The van der Waals surface area contributed by atoms with Gasteiger partial charge in [-0.1, -0.05) is 37.3 Å². The third-order valence-corrected chi connectivity index (χ3v) is 5.25. The van der Waals surface area contributed by atoms with Gasteiger partial charge in [0.2, 0.25) is 0 Å². The van der Waals surface area contributed by atoms with Crippen molar-refractivity contribution in [1.82, 2.24) is 0 Å². The summed E-state index contributed by atoms with van der Waals surface area (Å²) in [6, 6.07) is 8.93. The quantitative estimate of drug-likeness (QED) is 0.323. The van der Waals surface area contributed by atoms with Crippen molar-refractivity contribution in [3.8, 4) is 5.75 Å². The normalized spacial score (nSPS) is 20.3. The summed E-state index contributed by atoms with van der Waals surface area (Å²) < 4.78 is 10.3. The third kappa shape index (κ3) is 6.78. The van der Waals surface area contributed by atoms with E-state index in [1.165, 1.54) is 0 Å². The van der Waals surface area contributed by atoms with Crippen LogP contribution in [0.15, 0.2) is 42.5 Å². The Bertz CT molecular complexity index is 754.